The average molecular weight is 243 g/mol. The summed E-state index contributed by atoms with van der Waals surface area (Å²) in [5.41, 5.74) is 0.405. The van der Waals surface area contributed by atoms with E-state index in [0.29, 0.717) is 29.6 Å². The van der Waals surface area contributed by atoms with Crippen LogP contribution in [-0.4, -0.2) is 15.0 Å². The van der Waals surface area contributed by atoms with Crippen molar-refractivity contribution in [2.24, 2.45) is 0 Å². The molecule has 0 spiro atoms. The summed E-state index contributed by atoms with van der Waals surface area (Å²) >= 11 is 0. The monoisotopic (exact) mass is 243 g/mol. The van der Waals surface area contributed by atoms with Gasteiger partial charge in [0.15, 0.2) is 0 Å². The Morgan fingerprint density at radius 3 is 2.89 bits per heavy atom. The molecule has 0 bridgehead atoms. The van der Waals surface area contributed by atoms with Gasteiger partial charge in [0.05, 0.1) is 18.9 Å². The van der Waals surface area contributed by atoms with E-state index < -0.39 is 0 Å². The number of nitriles is 1. The molecule has 0 aromatic carbocycles. The standard InChI is InChI=1S/C12H13N5O/c1-3-10-6-15-11(18-10)7-16-12-9(4-13)5-14-8(2)17-12/h5-6H,3,7H2,1-2H3,(H,14,16,17). The van der Waals surface area contributed by atoms with Crippen molar-refractivity contribution in [3.63, 3.8) is 0 Å². The van der Waals surface area contributed by atoms with E-state index in [2.05, 4.69) is 20.3 Å². The predicted octanol–water partition coefficient (Wildman–Crippen LogP) is 1.82. The molecule has 2 rings (SSSR count). The molecule has 0 aliphatic heterocycles. The van der Waals surface area contributed by atoms with Crippen LogP contribution in [0.15, 0.2) is 16.8 Å². The van der Waals surface area contributed by atoms with Crippen LogP contribution in [0.1, 0.15) is 30.0 Å². The maximum Gasteiger partial charge on any atom is 0.213 e. The van der Waals surface area contributed by atoms with Gasteiger partial charge in [-0.1, -0.05) is 6.92 Å². The van der Waals surface area contributed by atoms with Crippen LogP contribution in [0.3, 0.4) is 0 Å². The van der Waals surface area contributed by atoms with E-state index in [1.165, 1.54) is 6.20 Å². The highest BCUT2D eigenvalue weighted by atomic mass is 16.4. The lowest BCUT2D eigenvalue weighted by Crippen LogP contribution is -2.05. The second-order valence-corrected chi connectivity index (χ2v) is 3.72. The Bertz CT molecular complexity index is 584. The molecule has 6 nitrogen and oxygen atoms in total. The number of anilines is 1. The highest BCUT2D eigenvalue weighted by molar-refractivity contribution is 5.50. The largest absolute Gasteiger partial charge is 0.444 e. The summed E-state index contributed by atoms with van der Waals surface area (Å²) in [4.78, 5) is 12.3. The van der Waals surface area contributed by atoms with E-state index in [0.717, 1.165) is 12.2 Å². The number of aromatic nitrogens is 3. The number of aryl methyl sites for hydroxylation is 2. The Balaban J connectivity index is 2.10. The fraction of sp³-hybridized carbons (Fsp3) is 0.333. The van der Waals surface area contributed by atoms with E-state index in [4.69, 9.17) is 9.68 Å². The van der Waals surface area contributed by atoms with Crippen molar-refractivity contribution in [3.05, 3.63) is 35.4 Å². The fourth-order valence-corrected chi connectivity index (χ4v) is 1.44. The highest BCUT2D eigenvalue weighted by Gasteiger charge is 2.07. The molecule has 18 heavy (non-hydrogen) atoms. The second kappa shape index (κ2) is 5.27. The van der Waals surface area contributed by atoms with Crippen molar-refractivity contribution >= 4 is 5.82 Å². The zero-order valence-electron chi connectivity index (χ0n) is 10.3. The average Bonchev–Trinajstić information content (AvgIpc) is 2.84. The first-order valence-electron chi connectivity index (χ1n) is 5.64. The minimum Gasteiger partial charge on any atom is -0.444 e. The van der Waals surface area contributed by atoms with Crippen LogP contribution in [0.4, 0.5) is 5.82 Å². The van der Waals surface area contributed by atoms with Crippen molar-refractivity contribution in [1.82, 2.24) is 15.0 Å². The van der Waals surface area contributed by atoms with E-state index in [1.54, 1.807) is 13.1 Å². The van der Waals surface area contributed by atoms with Gasteiger partial charge in [-0.3, -0.25) is 0 Å². The zero-order valence-corrected chi connectivity index (χ0v) is 10.3. The van der Waals surface area contributed by atoms with Crippen molar-refractivity contribution in [2.45, 2.75) is 26.8 Å². The van der Waals surface area contributed by atoms with Gasteiger partial charge in [-0.05, 0) is 6.92 Å². The van der Waals surface area contributed by atoms with Gasteiger partial charge in [-0.2, -0.15) is 5.26 Å². The molecule has 6 heteroatoms. The molecule has 0 saturated carbocycles. The van der Waals surface area contributed by atoms with Crippen LogP contribution in [0.5, 0.6) is 0 Å². The quantitative estimate of drug-likeness (QED) is 0.881. The molecule has 2 aromatic rings. The lowest BCUT2D eigenvalue weighted by atomic mass is 10.3. The summed E-state index contributed by atoms with van der Waals surface area (Å²) in [6.07, 6.45) is 4.01. The minimum atomic E-state index is 0.394. The van der Waals surface area contributed by atoms with Crippen LogP contribution in [0.2, 0.25) is 0 Å². The van der Waals surface area contributed by atoms with Gasteiger partial charge >= 0.3 is 0 Å². The lowest BCUT2D eigenvalue weighted by molar-refractivity contribution is 0.465. The molecule has 0 aliphatic carbocycles. The summed E-state index contributed by atoms with van der Waals surface area (Å²) in [7, 11) is 0. The topological polar surface area (TPSA) is 87.6 Å². The van der Waals surface area contributed by atoms with Gasteiger partial charge in [0.2, 0.25) is 5.89 Å². The Hall–Kier alpha value is -2.42. The first-order chi connectivity index (χ1) is 8.72. The Morgan fingerprint density at radius 1 is 1.39 bits per heavy atom. The molecule has 92 valence electrons. The van der Waals surface area contributed by atoms with Gasteiger partial charge in [-0.15, -0.1) is 0 Å². The fourth-order valence-electron chi connectivity index (χ4n) is 1.44. The normalized spacial score (nSPS) is 10.1. The number of hydrogen-bond donors (Lipinski definition) is 1. The highest BCUT2D eigenvalue weighted by Crippen LogP contribution is 2.12. The SMILES string of the molecule is CCc1cnc(CNc2nc(C)ncc2C#N)o1. The smallest absolute Gasteiger partial charge is 0.213 e. The summed E-state index contributed by atoms with van der Waals surface area (Å²) in [5.74, 6) is 2.53. The van der Waals surface area contributed by atoms with E-state index in [1.807, 2.05) is 13.0 Å². The summed E-state index contributed by atoms with van der Waals surface area (Å²) in [6, 6.07) is 2.04. The first-order valence-corrected chi connectivity index (χ1v) is 5.64. The minimum absolute atomic E-state index is 0.394. The Labute approximate surface area is 105 Å². The van der Waals surface area contributed by atoms with Gasteiger partial charge in [0.1, 0.15) is 29.0 Å². The maximum atomic E-state index is 8.94. The number of nitrogens with one attached hydrogen (secondary N) is 1. The third-order valence-corrected chi connectivity index (χ3v) is 2.39. The summed E-state index contributed by atoms with van der Waals surface area (Å²) in [6.45, 7) is 4.16. The van der Waals surface area contributed by atoms with Crippen LogP contribution >= 0.6 is 0 Å². The summed E-state index contributed by atoms with van der Waals surface area (Å²) < 4.78 is 5.46. The molecule has 0 aliphatic rings. The number of oxazole rings is 1. The molecule has 0 radical (unpaired) electrons. The molecule has 2 aromatic heterocycles. The molecule has 0 amide bonds. The van der Waals surface area contributed by atoms with Crippen molar-refractivity contribution in [1.29, 1.82) is 5.26 Å². The van der Waals surface area contributed by atoms with Gasteiger partial charge in [-0.25, -0.2) is 15.0 Å². The number of rotatable bonds is 4. The third kappa shape index (κ3) is 2.63. The van der Waals surface area contributed by atoms with Crippen LogP contribution in [0.25, 0.3) is 0 Å². The van der Waals surface area contributed by atoms with Gasteiger partial charge in [0.25, 0.3) is 0 Å². The van der Waals surface area contributed by atoms with Crippen molar-refractivity contribution in [3.8, 4) is 6.07 Å². The molecule has 2 heterocycles. The number of hydrogen-bond acceptors (Lipinski definition) is 6. The second-order valence-electron chi connectivity index (χ2n) is 3.72. The zero-order chi connectivity index (χ0) is 13.0. The molecule has 1 N–H and O–H groups in total. The van der Waals surface area contributed by atoms with Crippen LogP contribution < -0.4 is 5.32 Å². The van der Waals surface area contributed by atoms with Gasteiger partial charge < -0.3 is 9.73 Å². The van der Waals surface area contributed by atoms with E-state index in [-0.39, 0.29) is 0 Å². The molecule has 0 unspecified atom stereocenters. The molecule has 0 saturated heterocycles. The Morgan fingerprint density at radius 2 is 2.22 bits per heavy atom. The Kier molecular flexibility index (Phi) is 3.53. The molecular formula is C12H13N5O. The maximum absolute atomic E-state index is 8.94. The summed E-state index contributed by atoms with van der Waals surface area (Å²) in [5, 5.41) is 12.0. The molecular weight excluding hydrogens is 230 g/mol. The molecule has 0 atom stereocenters. The lowest BCUT2D eigenvalue weighted by Gasteiger charge is -2.05. The van der Waals surface area contributed by atoms with Gasteiger partial charge in [0, 0.05) is 6.42 Å². The van der Waals surface area contributed by atoms with Crippen LogP contribution in [0, 0.1) is 18.3 Å². The predicted molar refractivity (Wildman–Crippen MR) is 64.7 cm³/mol. The van der Waals surface area contributed by atoms with Crippen LogP contribution in [-0.2, 0) is 13.0 Å². The van der Waals surface area contributed by atoms with E-state index >= 15 is 0 Å². The van der Waals surface area contributed by atoms with Crippen molar-refractivity contribution < 1.29 is 4.42 Å². The molecule has 0 fully saturated rings. The number of nitrogens with zero attached hydrogens (tertiary/aromatic N) is 4. The first kappa shape index (κ1) is 12.0. The third-order valence-electron chi connectivity index (χ3n) is 2.39. The van der Waals surface area contributed by atoms with E-state index in [9.17, 15) is 0 Å². The van der Waals surface area contributed by atoms with Crippen molar-refractivity contribution in [2.75, 3.05) is 5.32 Å².